The van der Waals surface area contributed by atoms with Crippen molar-refractivity contribution in [3.63, 3.8) is 0 Å². The summed E-state index contributed by atoms with van der Waals surface area (Å²) in [5, 5.41) is 3.20. The summed E-state index contributed by atoms with van der Waals surface area (Å²) < 4.78 is 36.5. The number of hydrogen-bond acceptors (Lipinski definition) is 5. The normalized spacial score (nSPS) is 11.7. The van der Waals surface area contributed by atoms with Crippen LogP contribution in [0.3, 0.4) is 0 Å². The molecule has 7 heteroatoms. The number of sulfonamides is 1. The lowest BCUT2D eigenvalue weighted by Gasteiger charge is -2.15. The largest absolute Gasteiger partial charge is 0.495 e. The average molecular weight is 338 g/mol. The average Bonchev–Trinajstić information content (AvgIpc) is 3.00. The standard InChI is InChI=1S/C16H22N2O4S/c1-5-13-7-8-14(22-13)11-17-12-6-9-16(15(10-12)21-4)23(19,20)18(2)3/h6-10,17H,5,11H2,1-4H3. The quantitative estimate of drug-likeness (QED) is 0.840. The van der Waals surface area contributed by atoms with Gasteiger partial charge < -0.3 is 14.5 Å². The lowest BCUT2D eigenvalue weighted by Crippen LogP contribution is -2.22. The second kappa shape index (κ2) is 7.06. The molecule has 0 bridgehead atoms. The number of methoxy groups -OCH3 is 1. The summed E-state index contributed by atoms with van der Waals surface area (Å²) in [5.74, 6) is 2.06. The van der Waals surface area contributed by atoms with E-state index in [-0.39, 0.29) is 4.90 Å². The summed E-state index contributed by atoms with van der Waals surface area (Å²) >= 11 is 0. The van der Waals surface area contributed by atoms with Crippen molar-refractivity contribution in [1.82, 2.24) is 4.31 Å². The van der Waals surface area contributed by atoms with E-state index in [0.29, 0.717) is 12.3 Å². The van der Waals surface area contributed by atoms with Crippen LogP contribution >= 0.6 is 0 Å². The molecule has 0 amide bonds. The number of nitrogens with one attached hydrogen (secondary N) is 1. The van der Waals surface area contributed by atoms with Crippen molar-refractivity contribution in [3.05, 3.63) is 41.9 Å². The predicted molar refractivity (Wildman–Crippen MR) is 89.3 cm³/mol. The van der Waals surface area contributed by atoms with Gasteiger partial charge in [-0.15, -0.1) is 0 Å². The molecule has 2 rings (SSSR count). The van der Waals surface area contributed by atoms with Gasteiger partial charge in [0.25, 0.3) is 0 Å². The Hall–Kier alpha value is -1.99. The number of anilines is 1. The Bertz CT molecular complexity index is 766. The fourth-order valence-corrected chi connectivity index (χ4v) is 3.11. The summed E-state index contributed by atoms with van der Waals surface area (Å²) in [6.07, 6.45) is 0.852. The minimum atomic E-state index is -3.54. The fourth-order valence-electron chi connectivity index (χ4n) is 2.08. The number of furan rings is 1. The van der Waals surface area contributed by atoms with Gasteiger partial charge in [-0.2, -0.15) is 0 Å². The third-order valence-electron chi connectivity index (χ3n) is 3.45. The van der Waals surface area contributed by atoms with Gasteiger partial charge in [0.1, 0.15) is 22.2 Å². The van der Waals surface area contributed by atoms with Crippen LogP contribution in [0.1, 0.15) is 18.4 Å². The molecule has 0 saturated heterocycles. The molecule has 0 aliphatic rings. The smallest absolute Gasteiger partial charge is 0.246 e. The zero-order valence-corrected chi connectivity index (χ0v) is 14.6. The van der Waals surface area contributed by atoms with Crippen LogP contribution in [-0.4, -0.2) is 33.9 Å². The van der Waals surface area contributed by atoms with Crippen LogP contribution in [-0.2, 0) is 23.0 Å². The van der Waals surface area contributed by atoms with Crippen LogP contribution < -0.4 is 10.1 Å². The molecule has 0 spiro atoms. The van der Waals surface area contributed by atoms with Crippen molar-refractivity contribution in [2.75, 3.05) is 26.5 Å². The van der Waals surface area contributed by atoms with Gasteiger partial charge in [0.05, 0.1) is 13.7 Å². The van der Waals surface area contributed by atoms with Crippen molar-refractivity contribution >= 4 is 15.7 Å². The lowest BCUT2D eigenvalue weighted by atomic mass is 10.3. The Morgan fingerprint density at radius 1 is 1.17 bits per heavy atom. The fraction of sp³-hybridized carbons (Fsp3) is 0.375. The third kappa shape index (κ3) is 3.86. The van der Waals surface area contributed by atoms with Gasteiger partial charge in [0.15, 0.2) is 0 Å². The van der Waals surface area contributed by atoms with Gasteiger partial charge in [-0.25, -0.2) is 12.7 Å². The van der Waals surface area contributed by atoms with E-state index in [0.717, 1.165) is 27.9 Å². The molecule has 6 nitrogen and oxygen atoms in total. The molecule has 126 valence electrons. The molecule has 0 radical (unpaired) electrons. The van der Waals surface area contributed by atoms with Gasteiger partial charge in [-0.1, -0.05) is 6.92 Å². The first-order chi connectivity index (χ1) is 10.9. The molecule has 0 fully saturated rings. The summed E-state index contributed by atoms with van der Waals surface area (Å²) in [6.45, 7) is 2.55. The Kier molecular flexibility index (Phi) is 5.33. The van der Waals surface area contributed by atoms with E-state index in [1.54, 1.807) is 12.1 Å². The summed E-state index contributed by atoms with van der Waals surface area (Å²) in [5.41, 5.74) is 0.758. The zero-order chi connectivity index (χ0) is 17.0. The molecule has 1 aromatic heterocycles. The highest BCUT2D eigenvalue weighted by molar-refractivity contribution is 7.89. The van der Waals surface area contributed by atoms with Crippen LogP contribution in [0.4, 0.5) is 5.69 Å². The van der Waals surface area contributed by atoms with Gasteiger partial charge in [0.2, 0.25) is 10.0 Å². The molecular weight excluding hydrogens is 316 g/mol. The topological polar surface area (TPSA) is 71.8 Å². The van der Waals surface area contributed by atoms with Crippen molar-refractivity contribution in [2.45, 2.75) is 24.8 Å². The van der Waals surface area contributed by atoms with Crippen LogP contribution in [0.15, 0.2) is 39.6 Å². The van der Waals surface area contributed by atoms with Crippen LogP contribution in [0.5, 0.6) is 5.75 Å². The predicted octanol–water partition coefficient (Wildman–Crippen LogP) is 2.71. The first-order valence-electron chi connectivity index (χ1n) is 7.30. The van der Waals surface area contributed by atoms with Crippen molar-refractivity contribution < 1.29 is 17.6 Å². The van der Waals surface area contributed by atoms with E-state index in [2.05, 4.69) is 5.32 Å². The van der Waals surface area contributed by atoms with Gasteiger partial charge in [0, 0.05) is 32.3 Å². The van der Waals surface area contributed by atoms with E-state index in [9.17, 15) is 8.42 Å². The van der Waals surface area contributed by atoms with Crippen LogP contribution in [0.25, 0.3) is 0 Å². The minimum absolute atomic E-state index is 0.141. The Labute approximate surface area is 137 Å². The van der Waals surface area contributed by atoms with E-state index >= 15 is 0 Å². The highest BCUT2D eigenvalue weighted by Crippen LogP contribution is 2.29. The summed E-state index contributed by atoms with van der Waals surface area (Å²) in [4.78, 5) is 0.141. The van der Waals surface area contributed by atoms with Gasteiger partial charge in [-0.05, 0) is 24.3 Å². The maximum atomic E-state index is 12.2. The monoisotopic (exact) mass is 338 g/mol. The van der Waals surface area contributed by atoms with E-state index in [1.165, 1.54) is 27.3 Å². The molecular formula is C16H22N2O4S. The lowest BCUT2D eigenvalue weighted by molar-refractivity contribution is 0.400. The van der Waals surface area contributed by atoms with E-state index < -0.39 is 10.0 Å². The number of ether oxygens (including phenoxy) is 1. The molecule has 0 aliphatic carbocycles. The third-order valence-corrected chi connectivity index (χ3v) is 5.31. The molecule has 0 saturated carbocycles. The van der Waals surface area contributed by atoms with Crippen LogP contribution in [0.2, 0.25) is 0 Å². The number of nitrogens with zero attached hydrogens (tertiary/aromatic N) is 1. The molecule has 1 heterocycles. The highest BCUT2D eigenvalue weighted by atomic mass is 32.2. The second-order valence-corrected chi connectivity index (χ2v) is 7.35. The second-order valence-electron chi connectivity index (χ2n) is 5.23. The first kappa shape index (κ1) is 17.4. The van der Waals surface area contributed by atoms with Gasteiger partial charge >= 0.3 is 0 Å². The van der Waals surface area contributed by atoms with E-state index in [1.807, 2.05) is 19.1 Å². The Morgan fingerprint density at radius 2 is 1.87 bits per heavy atom. The maximum absolute atomic E-state index is 12.2. The number of aryl methyl sites for hydroxylation is 1. The molecule has 0 atom stereocenters. The Balaban J connectivity index is 2.18. The molecule has 0 aliphatic heterocycles. The van der Waals surface area contributed by atoms with E-state index in [4.69, 9.17) is 9.15 Å². The van der Waals surface area contributed by atoms with Crippen molar-refractivity contribution in [2.24, 2.45) is 0 Å². The zero-order valence-electron chi connectivity index (χ0n) is 13.8. The molecule has 1 N–H and O–H groups in total. The minimum Gasteiger partial charge on any atom is -0.495 e. The van der Waals surface area contributed by atoms with Crippen molar-refractivity contribution in [3.8, 4) is 5.75 Å². The highest BCUT2D eigenvalue weighted by Gasteiger charge is 2.22. The number of benzene rings is 1. The Morgan fingerprint density at radius 3 is 2.43 bits per heavy atom. The molecule has 23 heavy (non-hydrogen) atoms. The maximum Gasteiger partial charge on any atom is 0.246 e. The summed E-state index contributed by atoms with van der Waals surface area (Å²) in [6, 6.07) is 8.79. The molecule has 2 aromatic rings. The molecule has 1 aromatic carbocycles. The van der Waals surface area contributed by atoms with Crippen LogP contribution in [0, 0.1) is 0 Å². The SMILES string of the molecule is CCc1ccc(CNc2ccc(S(=O)(=O)N(C)C)c(OC)c2)o1. The van der Waals surface area contributed by atoms with Crippen molar-refractivity contribution in [1.29, 1.82) is 0 Å². The summed E-state index contributed by atoms with van der Waals surface area (Å²) in [7, 11) is 0.889. The number of hydrogen-bond donors (Lipinski definition) is 1. The first-order valence-corrected chi connectivity index (χ1v) is 8.74. The number of rotatable bonds is 7. The molecule has 0 unspecified atom stereocenters. The van der Waals surface area contributed by atoms with Gasteiger partial charge in [-0.3, -0.25) is 0 Å².